The average Bonchev–Trinajstić information content (AvgIpc) is 2.87. The van der Waals surface area contributed by atoms with E-state index in [1.54, 1.807) is 0 Å². The van der Waals surface area contributed by atoms with Gasteiger partial charge in [-0.05, 0) is 12.8 Å². The fraction of sp³-hybridized carbons (Fsp3) is 0.909. The number of ether oxygens (including phenoxy) is 1. The van der Waals surface area contributed by atoms with Crippen LogP contribution in [-0.2, 0) is 4.74 Å². The summed E-state index contributed by atoms with van der Waals surface area (Å²) in [6.07, 6.45) is 12.5. The van der Waals surface area contributed by atoms with E-state index in [1.807, 2.05) is 0 Å². The summed E-state index contributed by atoms with van der Waals surface area (Å²) in [5, 5.41) is 0. The molecule has 0 saturated carbocycles. The maximum absolute atomic E-state index is 5.10. The predicted molar refractivity (Wildman–Crippen MR) is 52.0 cm³/mol. The van der Waals surface area contributed by atoms with Crippen LogP contribution in [0.15, 0.2) is 0 Å². The molecule has 1 heterocycles. The molecule has 1 nitrogen and oxygen atoms in total. The summed E-state index contributed by atoms with van der Waals surface area (Å²) in [5.41, 5.74) is 0. The van der Waals surface area contributed by atoms with Gasteiger partial charge in [-0.2, -0.15) is 0 Å². The van der Waals surface area contributed by atoms with Crippen LogP contribution in [-0.4, -0.2) is 12.7 Å². The first-order valence-corrected chi connectivity index (χ1v) is 5.38. The second-order valence-electron chi connectivity index (χ2n) is 3.66. The molecule has 0 bridgehead atoms. The van der Waals surface area contributed by atoms with Crippen molar-refractivity contribution in [2.45, 2.75) is 58.0 Å². The second-order valence-corrected chi connectivity index (χ2v) is 3.66. The fourth-order valence-corrected chi connectivity index (χ4v) is 1.42. The van der Waals surface area contributed by atoms with E-state index in [4.69, 9.17) is 4.74 Å². The molecule has 0 aromatic carbocycles. The molecule has 1 atom stereocenters. The highest BCUT2D eigenvalue weighted by molar-refractivity contribution is 4.85. The van der Waals surface area contributed by atoms with Gasteiger partial charge in [-0.1, -0.05) is 45.4 Å². The molecule has 1 aliphatic rings. The van der Waals surface area contributed by atoms with Crippen LogP contribution in [0.4, 0.5) is 0 Å². The van der Waals surface area contributed by atoms with Crippen LogP contribution in [0.2, 0.25) is 0 Å². The van der Waals surface area contributed by atoms with Gasteiger partial charge in [-0.15, -0.1) is 0 Å². The van der Waals surface area contributed by atoms with Crippen molar-refractivity contribution in [3.8, 4) is 0 Å². The molecular formula is C11H21O. The lowest BCUT2D eigenvalue weighted by Crippen LogP contribution is -1.86. The Morgan fingerprint density at radius 2 is 1.83 bits per heavy atom. The van der Waals surface area contributed by atoms with Crippen molar-refractivity contribution in [3.63, 3.8) is 0 Å². The van der Waals surface area contributed by atoms with E-state index in [1.165, 1.54) is 44.9 Å². The molecule has 12 heavy (non-hydrogen) atoms. The minimum absolute atomic E-state index is 0.528. The highest BCUT2D eigenvalue weighted by Gasteiger charge is 2.21. The average molecular weight is 169 g/mol. The molecule has 0 aliphatic carbocycles. The van der Waals surface area contributed by atoms with Crippen LogP contribution in [0, 0.1) is 6.42 Å². The summed E-state index contributed by atoms with van der Waals surface area (Å²) in [7, 11) is 0. The summed E-state index contributed by atoms with van der Waals surface area (Å²) in [4.78, 5) is 0. The lowest BCUT2D eigenvalue weighted by Gasteiger charge is -1.98. The highest BCUT2D eigenvalue weighted by atomic mass is 16.6. The minimum atomic E-state index is 0.528. The van der Waals surface area contributed by atoms with Crippen LogP contribution >= 0.6 is 0 Å². The Balaban J connectivity index is 1.65. The topological polar surface area (TPSA) is 12.5 Å². The fourth-order valence-electron chi connectivity index (χ4n) is 1.42. The van der Waals surface area contributed by atoms with Crippen molar-refractivity contribution < 1.29 is 4.74 Å². The van der Waals surface area contributed by atoms with E-state index in [9.17, 15) is 0 Å². The number of epoxide rings is 1. The zero-order valence-electron chi connectivity index (χ0n) is 8.22. The third-order valence-electron chi connectivity index (χ3n) is 2.35. The Morgan fingerprint density at radius 1 is 1.17 bits per heavy atom. The van der Waals surface area contributed by atoms with Crippen molar-refractivity contribution in [1.29, 1.82) is 0 Å². The first-order valence-electron chi connectivity index (χ1n) is 5.38. The zero-order valence-corrected chi connectivity index (χ0v) is 8.22. The molecule has 1 unspecified atom stereocenters. The van der Waals surface area contributed by atoms with Crippen molar-refractivity contribution >= 4 is 0 Å². The summed E-state index contributed by atoms with van der Waals surface area (Å²) in [6.45, 7) is 3.24. The van der Waals surface area contributed by atoms with Crippen LogP contribution in [0.5, 0.6) is 0 Å². The Morgan fingerprint density at radius 3 is 2.50 bits per heavy atom. The van der Waals surface area contributed by atoms with Gasteiger partial charge in [0.2, 0.25) is 0 Å². The molecule has 1 saturated heterocycles. The monoisotopic (exact) mass is 169 g/mol. The van der Waals surface area contributed by atoms with Crippen molar-refractivity contribution in [3.05, 3.63) is 6.42 Å². The number of unbranched alkanes of at least 4 members (excludes halogenated alkanes) is 6. The van der Waals surface area contributed by atoms with Gasteiger partial charge in [0.05, 0.1) is 12.7 Å². The number of hydrogen-bond acceptors (Lipinski definition) is 1. The molecule has 71 valence electrons. The van der Waals surface area contributed by atoms with E-state index in [0.717, 1.165) is 6.61 Å². The van der Waals surface area contributed by atoms with Crippen LogP contribution in [0.1, 0.15) is 51.9 Å². The van der Waals surface area contributed by atoms with E-state index in [2.05, 4.69) is 13.3 Å². The van der Waals surface area contributed by atoms with E-state index >= 15 is 0 Å². The summed E-state index contributed by atoms with van der Waals surface area (Å²) < 4.78 is 5.10. The van der Waals surface area contributed by atoms with E-state index < -0.39 is 0 Å². The standard InChI is InChI=1S/C11H21O/c1-2-3-4-5-6-7-8-9-11-10-12-11/h9,11H,2-8,10H2,1H3. The normalized spacial score (nSPS) is 21.2. The van der Waals surface area contributed by atoms with E-state index in [-0.39, 0.29) is 0 Å². The molecule has 1 rings (SSSR count). The van der Waals surface area contributed by atoms with Crippen LogP contribution in [0.3, 0.4) is 0 Å². The molecular weight excluding hydrogens is 148 g/mol. The maximum Gasteiger partial charge on any atom is 0.0841 e. The molecule has 0 N–H and O–H groups in total. The van der Waals surface area contributed by atoms with Gasteiger partial charge in [0.25, 0.3) is 0 Å². The third kappa shape index (κ3) is 5.59. The summed E-state index contributed by atoms with van der Waals surface area (Å²) in [6, 6.07) is 0. The lowest BCUT2D eigenvalue weighted by molar-refractivity contribution is 0.423. The molecule has 1 heteroatoms. The third-order valence-corrected chi connectivity index (χ3v) is 2.35. The van der Waals surface area contributed by atoms with Gasteiger partial charge >= 0.3 is 0 Å². The SMILES string of the molecule is CCCCCCCC[CH]C1CO1. The van der Waals surface area contributed by atoms with Gasteiger partial charge in [0.1, 0.15) is 0 Å². The smallest absolute Gasteiger partial charge is 0.0841 e. The van der Waals surface area contributed by atoms with Gasteiger partial charge < -0.3 is 4.74 Å². The minimum Gasteiger partial charge on any atom is -0.373 e. The highest BCUT2D eigenvalue weighted by Crippen LogP contribution is 2.17. The Labute approximate surface area is 76.5 Å². The van der Waals surface area contributed by atoms with Crippen LogP contribution < -0.4 is 0 Å². The first kappa shape index (κ1) is 10.0. The second kappa shape index (κ2) is 6.47. The van der Waals surface area contributed by atoms with E-state index in [0.29, 0.717) is 6.10 Å². The molecule has 1 aliphatic heterocycles. The Hall–Kier alpha value is -0.0400. The quantitative estimate of drug-likeness (QED) is 0.401. The van der Waals surface area contributed by atoms with Crippen molar-refractivity contribution in [2.24, 2.45) is 0 Å². The van der Waals surface area contributed by atoms with Gasteiger partial charge in [0, 0.05) is 0 Å². The molecule has 1 fully saturated rings. The van der Waals surface area contributed by atoms with Crippen LogP contribution in [0.25, 0.3) is 0 Å². The molecule has 0 aromatic rings. The lowest BCUT2D eigenvalue weighted by atomic mass is 10.1. The van der Waals surface area contributed by atoms with Gasteiger partial charge in [0.15, 0.2) is 0 Å². The molecule has 0 amide bonds. The van der Waals surface area contributed by atoms with Crippen molar-refractivity contribution in [1.82, 2.24) is 0 Å². The maximum atomic E-state index is 5.10. The Bertz CT molecular complexity index is 97.2. The largest absolute Gasteiger partial charge is 0.373 e. The summed E-state index contributed by atoms with van der Waals surface area (Å²) >= 11 is 0. The summed E-state index contributed by atoms with van der Waals surface area (Å²) in [5.74, 6) is 0. The molecule has 0 aromatic heterocycles. The molecule has 0 spiro atoms. The first-order chi connectivity index (χ1) is 5.93. The number of hydrogen-bond donors (Lipinski definition) is 0. The van der Waals surface area contributed by atoms with Gasteiger partial charge in [-0.25, -0.2) is 0 Å². The number of rotatable bonds is 8. The predicted octanol–water partition coefficient (Wildman–Crippen LogP) is 3.34. The van der Waals surface area contributed by atoms with Crippen molar-refractivity contribution in [2.75, 3.05) is 6.61 Å². The molecule has 1 radical (unpaired) electrons. The zero-order chi connectivity index (χ0) is 8.65. The Kier molecular flexibility index (Phi) is 5.42. The van der Waals surface area contributed by atoms with Gasteiger partial charge in [-0.3, -0.25) is 0 Å².